The SMILES string of the molecule is CCCOc1ccnc(N2CCCC3(CCCNC3)C2)n1. The van der Waals surface area contributed by atoms with Crippen molar-refractivity contribution in [1.82, 2.24) is 15.3 Å². The zero-order valence-corrected chi connectivity index (χ0v) is 13.0. The van der Waals surface area contributed by atoms with Gasteiger partial charge in [-0.2, -0.15) is 4.98 Å². The van der Waals surface area contributed by atoms with Gasteiger partial charge in [0.1, 0.15) is 0 Å². The minimum Gasteiger partial charge on any atom is -0.478 e. The Morgan fingerprint density at radius 1 is 1.38 bits per heavy atom. The van der Waals surface area contributed by atoms with Crippen LogP contribution < -0.4 is 15.0 Å². The molecule has 1 aromatic heterocycles. The summed E-state index contributed by atoms with van der Waals surface area (Å²) in [6.45, 7) is 7.24. The smallest absolute Gasteiger partial charge is 0.228 e. The Hall–Kier alpha value is -1.36. The fourth-order valence-corrected chi connectivity index (χ4v) is 3.53. The zero-order chi connectivity index (χ0) is 14.5. The molecule has 1 aromatic rings. The number of hydrogen-bond donors (Lipinski definition) is 1. The van der Waals surface area contributed by atoms with Crippen molar-refractivity contribution in [1.29, 1.82) is 0 Å². The number of anilines is 1. The lowest BCUT2D eigenvalue weighted by Gasteiger charge is -2.45. The number of hydrogen-bond acceptors (Lipinski definition) is 5. The van der Waals surface area contributed by atoms with Crippen LogP contribution >= 0.6 is 0 Å². The van der Waals surface area contributed by atoms with E-state index in [0.717, 1.165) is 32.0 Å². The maximum atomic E-state index is 5.63. The van der Waals surface area contributed by atoms with Crippen LogP contribution in [0.25, 0.3) is 0 Å². The Kier molecular flexibility index (Phi) is 4.58. The Morgan fingerprint density at radius 3 is 3.10 bits per heavy atom. The second-order valence-corrected chi connectivity index (χ2v) is 6.35. The van der Waals surface area contributed by atoms with Gasteiger partial charge < -0.3 is 15.0 Å². The van der Waals surface area contributed by atoms with E-state index in [4.69, 9.17) is 4.74 Å². The lowest BCUT2D eigenvalue weighted by atomic mass is 9.74. The molecule has 0 saturated carbocycles. The van der Waals surface area contributed by atoms with Gasteiger partial charge in [0, 0.05) is 37.3 Å². The van der Waals surface area contributed by atoms with Crippen LogP contribution in [0.2, 0.25) is 0 Å². The van der Waals surface area contributed by atoms with E-state index in [1.54, 1.807) is 0 Å². The number of aromatic nitrogens is 2. The quantitative estimate of drug-likeness (QED) is 0.921. The molecule has 1 spiro atoms. The number of piperidine rings is 2. The fourth-order valence-electron chi connectivity index (χ4n) is 3.53. The van der Waals surface area contributed by atoms with Crippen LogP contribution in [-0.2, 0) is 0 Å². The largest absolute Gasteiger partial charge is 0.478 e. The first-order valence-corrected chi connectivity index (χ1v) is 8.23. The van der Waals surface area contributed by atoms with Crippen molar-refractivity contribution in [3.05, 3.63) is 12.3 Å². The molecule has 3 heterocycles. The predicted octanol–water partition coefficient (Wildman–Crippen LogP) is 2.24. The van der Waals surface area contributed by atoms with Gasteiger partial charge in [-0.05, 0) is 38.6 Å². The lowest BCUT2D eigenvalue weighted by molar-refractivity contribution is 0.172. The van der Waals surface area contributed by atoms with Crippen molar-refractivity contribution in [2.24, 2.45) is 5.41 Å². The predicted molar refractivity (Wildman–Crippen MR) is 83.8 cm³/mol. The normalized spacial score (nSPS) is 26.0. The molecule has 0 bridgehead atoms. The van der Waals surface area contributed by atoms with E-state index in [1.807, 2.05) is 12.3 Å². The molecule has 0 aromatic carbocycles. The third-order valence-corrected chi connectivity index (χ3v) is 4.58. The molecule has 2 aliphatic heterocycles. The van der Waals surface area contributed by atoms with Gasteiger partial charge in [-0.15, -0.1) is 0 Å². The van der Waals surface area contributed by atoms with E-state index >= 15 is 0 Å². The Labute approximate surface area is 127 Å². The van der Waals surface area contributed by atoms with E-state index < -0.39 is 0 Å². The third kappa shape index (κ3) is 3.46. The summed E-state index contributed by atoms with van der Waals surface area (Å²) in [6.07, 6.45) is 7.97. The van der Waals surface area contributed by atoms with Crippen LogP contribution in [0, 0.1) is 5.41 Å². The molecular formula is C16H26N4O. The van der Waals surface area contributed by atoms with Gasteiger partial charge in [-0.3, -0.25) is 0 Å². The van der Waals surface area contributed by atoms with E-state index in [1.165, 1.54) is 32.2 Å². The number of rotatable bonds is 4. The van der Waals surface area contributed by atoms with Crippen LogP contribution in [0.15, 0.2) is 12.3 Å². The Balaban J connectivity index is 1.70. The Morgan fingerprint density at radius 2 is 2.29 bits per heavy atom. The summed E-state index contributed by atoms with van der Waals surface area (Å²) in [5, 5.41) is 3.56. The van der Waals surface area contributed by atoms with E-state index in [0.29, 0.717) is 17.9 Å². The molecule has 2 fully saturated rings. The van der Waals surface area contributed by atoms with Crippen LogP contribution in [-0.4, -0.2) is 42.8 Å². The lowest BCUT2D eigenvalue weighted by Crippen LogP contribution is -2.51. The van der Waals surface area contributed by atoms with Crippen LogP contribution in [0.1, 0.15) is 39.0 Å². The first kappa shape index (κ1) is 14.6. The molecule has 5 nitrogen and oxygen atoms in total. The molecule has 21 heavy (non-hydrogen) atoms. The summed E-state index contributed by atoms with van der Waals surface area (Å²) in [5.41, 5.74) is 0.417. The standard InChI is InChI=1S/C16H26N4O/c1-2-11-21-14-5-9-18-15(19-14)20-10-4-7-16(13-20)6-3-8-17-12-16/h5,9,17H,2-4,6-8,10-13H2,1H3. The average Bonchev–Trinajstić information content (AvgIpc) is 2.54. The van der Waals surface area contributed by atoms with E-state index in [9.17, 15) is 0 Å². The topological polar surface area (TPSA) is 50.3 Å². The summed E-state index contributed by atoms with van der Waals surface area (Å²) >= 11 is 0. The van der Waals surface area contributed by atoms with Gasteiger partial charge in [-0.1, -0.05) is 6.92 Å². The molecule has 1 N–H and O–H groups in total. The maximum absolute atomic E-state index is 5.63. The molecule has 2 aliphatic rings. The monoisotopic (exact) mass is 290 g/mol. The van der Waals surface area contributed by atoms with Gasteiger partial charge in [0.15, 0.2) is 0 Å². The highest BCUT2D eigenvalue weighted by atomic mass is 16.5. The molecule has 3 rings (SSSR count). The highest BCUT2D eigenvalue weighted by Crippen LogP contribution is 2.36. The first-order valence-electron chi connectivity index (χ1n) is 8.23. The number of nitrogens with zero attached hydrogens (tertiary/aromatic N) is 3. The molecule has 1 unspecified atom stereocenters. The molecular weight excluding hydrogens is 264 g/mol. The zero-order valence-electron chi connectivity index (χ0n) is 13.0. The minimum absolute atomic E-state index is 0.417. The second kappa shape index (κ2) is 6.60. The fraction of sp³-hybridized carbons (Fsp3) is 0.750. The summed E-state index contributed by atoms with van der Waals surface area (Å²) in [7, 11) is 0. The van der Waals surface area contributed by atoms with Gasteiger partial charge in [0.05, 0.1) is 6.61 Å². The van der Waals surface area contributed by atoms with Gasteiger partial charge in [0.2, 0.25) is 11.8 Å². The number of nitrogens with one attached hydrogen (secondary N) is 1. The minimum atomic E-state index is 0.417. The maximum Gasteiger partial charge on any atom is 0.228 e. The van der Waals surface area contributed by atoms with Gasteiger partial charge in [-0.25, -0.2) is 4.98 Å². The number of ether oxygens (including phenoxy) is 1. The summed E-state index contributed by atoms with van der Waals surface area (Å²) in [5.74, 6) is 1.52. The second-order valence-electron chi connectivity index (χ2n) is 6.35. The van der Waals surface area contributed by atoms with Crippen LogP contribution in [0.5, 0.6) is 5.88 Å². The van der Waals surface area contributed by atoms with Crippen molar-refractivity contribution in [3.63, 3.8) is 0 Å². The van der Waals surface area contributed by atoms with Gasteiger partial charge >= 0.3 is 0 Å². The van der Waals surface area contributed by atoms with Crippen molar-refractivity contribution in [2.45, 2.75) is 39.0 Å². The third-order valence-electron chi connectivity index (χ3n) is 4.58. The van der Waals surface area contributed by atoms with Crippen molar-refractivity contribution < 1.29 is 4.74 Å². The first-order chi connectivity index (χ1) is 10.3. The average molecular weight is 290 g/mol. The Bertz CT molecular complexity index is 454. The van der Waals surface area contributed by atoms with Crippen molar-refractivity contribution in [2.75, 3.05) is 37.7 Å². The molecule has 5 heteroatoms. The summed E-state index contributed by atoms with van der Waals surface area (Å²) in [6, 6.07) is 1.85. The molecule has 1 atom stereocenters. The summed E-state index contributed by atoms with van der Waals surface area (Å²) in [4.78, 5) is 11.4. The van der Waals surface area contributed by atoms with Crippen molar-refractivity contribution >= 4 is 5.95 Å². The van der Waals surface area contributed by atoms with Crippen LogP contribution in [0.4, 0.5) is 5.95 Å². The van der Waals surface area contributed by atoms with E-state index in [2.05, 4.69) is 27.1 Å². The van der Waals surface area contributed by atoms with Crippen molar-refractivity contribution in [3.8, 4) is 5.88 Å². The van der Waals surface area contributed by atoms with Crippen LogP contribution in [0.3, 0.4) is 0 Å². The molecule has 0 aliphatic carbocycles. The summed E-state index contributed by atoms with van der Waals surface area (Å²) < 4.78 is 5.63. The molecule has 2 saturated heterocycles. The van der Waals surface area contributed by atoms with E-state index in [-0.39, 0.29) is 0 Å². The molecule has 116 valence electrons. The van der Waals surface area contributed by atoms with Gasteiger partial charge in [0.25, 0.3) is 0 Å². The highest BCUT2D eigenvalue weighted by Gasteiger charge is 2.37. The molecule has 0 radical (unpaired) electrons. The molecule has 0 amide bonds. The highest BCUT2D eigenvalue weighted by molar-refractivity contribution is 5.33.